The zero-order chi connectivity index (χ0) is 23.3. The van der Waals surface area contributed by atoms with E-state index in [9.17, 15) is 22.0 Å². The first-order chi connectivity index (χ1) is 15.0. The minimum absolute atomic E-state index is 0.0524. The van der Waals surface area contributed by atoms with E-state index >= 15 is 0 Å². The van der Waals surface area contributed by atoms with Crippen LogP contribution in [0.2, 0.25) is 5.02 Å². The normalized spacial score (nSPS) is 17.8. The number of amides is 1. The Morgan fingerprint density at radius 3 is 2.53 bits per heavy atom. The van der Waals surface area contributed by atoms with Crippen molar-refractivity contribution >= 4 is 38.9 Å². The molecule has 32 heavy (non-hydrogen) atoms. The summed E-state index contributed by atoms with van der Waals surface area (Å²) < 4.78 is 54.6. The second kappa shape index (κ2) is 7.93. The molecule has 3 aromatic carbocycles. The molecule has 0 saturated heterocycles. The standard InChI is InChI=1S/C22H18ClF2N3O3S/c1-13-6-9-20(18(25)10-13)32(30,31)28(2)19-11-15(8-7-14(19)12-26-28)27-22(29)21-16(23)4-3-5-17(21)24/h3-11,26H,12H2,1-2H3/p+1. The van der Waals surface area contributed by atoms with Crippen LogP contribution in [0.1, 0.15) is 21.5 Å². The van der Waals surface area contributed by atoms with Gasteiger partial charge in [0.05, 0.1) is 17.1 Å². The second-order valence-electron chi connectivity index (χ2n) is 7.56. The predicted octanol–water partition coefficient (Wildman–Crippen LogP) is 4.52. The third-order valence-electron chi connectivity index (χ3n) is 5.41. The van der Waals surface area contributed by atoms with Gasteiger partial charge in [0.25, 0.3) is 5.91 Å². The van der Waals surface area contributed by atoms with Gasteiger partial charge < -0.3 is 5.32 Å². The average molecular weight is 479 g/mol. The molecule has 0 aliphatic carbocycles. The summed E-state index contributed by atoms with van der Waals surface area (Å²) in [5.41, 5.74) is 4.37. The van der Waals surface area contributed by atoms with E-state index in [1.807, 2.05) is 0 Å². The molecule has 166 valence electrons. The molecule has 1 unspecified atom stereocenters. The first kappa shape index (κ1) is 22.3. The summed E-state index contributed by atoms with van der Waals surface area (Å²) in [6.07, 6.45) is 0. The lowest BCUT2D eigenvalue weighted by Crippen LogP contribution is -2.56. The third kappa shape index (κ3) is 3.57. The van der Waals surface area contributed by atoms with E-state index in [1.165, 1.54) is 37.4 Å². The number of aryl methyl sites for hydroxylation is 1. The quantitative estimate of drug-likeness (QED) is 0.540. The molecule has 1 amide bonds. The Morgan fingerprint density at radius 2 is 1.84 bits per heavy atom. The number of nitrogens with zero attached hydrogens (tertiary/aromatic N) is 1. The lowest BCUT2D eigenvalue weighted by molar-refractivity contribution is 0.102. The summed E-state index contributed by atoms with van der Waals surface area (Å²) in [6, 6.07) is 12.5. The van der Waals surface area contributed by atoms with Crippen LogP contribution >= 0.6 is 11.6 Å². The van der Waals surface area contributed by atoms with Crippen LogP contribution in [0.3, 0.4) is 0 Å². The number of carbonyl (C=O) groups excluding carboxylic acids is 1. The molecule has 0 saturated carbocycles. The first-order valence-corrected chi connectivity index (χ1v) is 11.4. The zero-order valence-electron chi connectivity index (χ0n) is 17.1. The van der Waals surface area contributed by atoms with Crippen molar-refractivity contribution < 1.29 is 22.0 Å². The Bertz CT molecular complexity index is 1340. The van der Waals surface area contributed by atoms with E-state index in [1.54, 1.807) is 19.1 Å². The van der Waals surface area contributed by atoms with Gasteiger partial charge in [-0.3, -0.25) is 4.79 Å². The summed E-state index contributed by atoms with van der Waals surface area (Å²) in [7, 11) is -2.86. The molecule has 0 aromatic heterocycles. The van der Waals surface area contributed by atoms with Crippen molar-refractivity contribution in [2.24, 2.45) is 0 Å². The number of carbonyl (C=O) groups is 1. The van der Waals surface area contributed by atoms with Crippen LogP contribution in [0, 0.1) is 18.6 Å². The van der Waals surface area contributed by atoms with Gasteiger partial charge in [-0.15, -0.1) is 9.42 Å². The number of benzene rings is 3. The van der Waals surface area contributed by atoms with Crippen molar-refractivity contribution in [1.82, 2.24) is 9.42 Å². The summed E-state index contributed by atoms with van der Waals surface area (Å²) >= 11 is 5.95. The van der Waals surface area contributed by atoms with Crippen LogP contribution < -0.4 is 14.7 Å². The Labute approximate surface area is 189 Å². The third-order valence-corrected chi connectivity index (χ3v) is 7.90. The molecule has 0 bridgehead atoms. The van der Waals surface area contributed by atoms with Gasteiger partial charge in [0.1, 0.15) is 18.7 Å². The summed E-state index contributed by atoms with van der Waals surface area (Å²) in [6.45, 7) is 1.88. The Morgan fingerprint density at radius 1 is 1.09 bits per heavy atom. The molecule has 1 aliphatic rings. The molecule has 3 aromatic rings. The molecule has 1 heterocycles. The number of hydrogen-bond acceptors (Lipinski definition) is 4. The number of hydrogen-bond donors (Lipinski definition) is 2. The molecule has 0 fully saturated rings. The maximum absolute atomic E-state index is 14.5. The molecule has 0 spiro atoms. The van der Waals surface area contributed by atoms with Gasteiger partial charge in [0, 0.05) is 17.3 Å². The van der Waals surface area contributed by atoms with E-state index in [-0.39, 0.29) is 22.8 Å². The van der Waals surface area contributed by atoms with Crippen molar-refractivity contribution in [2.75, 3.05) is 12.4 Å². The van der Waals surface area contributed by atoms with Gasteiger partial charge in [0.2, 0.25) is 0 Å². The Kier molecular flexibility index (Phi) is 5.54. The lowest BCUT2D eigenvalue weighted by Gasteiger charge is -2.27. The molecule has 0 radical (unpaired) electrons. The molecule has 4 rings (SSSR count). The first-order valence-electron chi connectivity index (χ1n) is 9.56. The van der Waals surface area contributed by atoms with Crippen molar-refractivity contribution in [3.05, 3.63) is 87.9 Å². The fraction of sp³-hybridized carbons (Fsp3) is 0.136. The van der Waals surface area contributed by atoms with Crippen LogP contribution in [0.5, 0.6) is 0 Å². The van der Waals surface area contributed by atoms with Crippen LogP contribution in [0.15, 0.2) is 59.5 Å². The van der Waals surface area contributed by atoms with E-state index in [2.05, 4.69) is 10.7 Å². The Balaban J connectivity index is 1.73. The number of quaternary nitrogens is 1. The fourth-order valence-corrected chi connectivity index (χ4v) is 5.50. The number of fused-ring (bicyclic) bond motifs is 1. The van der Waals surface area contributed by atoms with Gasteiger partial charge in [-0.25, -0.2) is 8.78 Å². The minimum Gasteiger partial charge on any atom is -0.322 e. The molecule has 2 N–H and O–H groups in total. The van der Waals surface area contributed by atoms with Gasteiger partial charge in [-0.1, -0.05) is 23.7 Å². The van der Waals surface area contributed by atoms with Crippen molar-refractivity contribution in [3.8, 4) is 0 Å². The zero-order valence-corrected chi connectivity index (χ0v) is 18.7. The van der Waals surface area contributed by atoms with Crippen molar-refractivity contribution in [3.63, 3.8) is 0 Å². The van der Waals surface area contributed by atoms with Gasteiger partial charge in [-0.2, -0.15) is 8.42 Å². The van der Waals surface area contributed by atoms with Gasteiger partial charge >= 0.3 is 10.0 Å². The molecule has 1 atom stereocenters. The topological polar surface area (TPSA) is 75.3 Å². The Hall–Kier alpha value is -2.85. The van der Waals surface area contributed by atoms with E-state index in [0.717, 1.165) is 12.1 Å². The molecule has 1 aliphatic heterocycles. The van der Waals surface area contributed by atoms with E-state index < -0.39 is 36.5 Å². The van der Waals surface area contributed by atoms with Crippen LogP contribution in [0.25, 0.3) is 0 Å². The van der Waals surface area contributed by atoms with E-state index in [0.29, 0.717) is 16.8 Å². The molecule has 10 heteroatoms. The SMILES string of the molecule is Cc1ccc(S(=O)(=O)[N+]2(C)NCc3ccc(NC(=O)c4c(F)cccc4Cl)cc32)c(F)c1. The summed E-state index contributed by atoms with van der Waals surface area (Å²) in [4.78, 5) is 12.1. The maximum atomic E-state index is 14.5. The minimum atomic E-state index is -4.25. The van der Waals surface area contributed by atoms with Crippen LogP contribution in [-0.4, -0.2) is 21.4 Å². The highest BCUT2D eigenvalue weighted by Gasteiger charge is 2.48. The largest absolute Gasteiger partial charge is 0.352 e. The summed E-state index contributed by atoms with van der Waals surface area (Å²) in [5.74, 6) is -2.41. The second-order valence-corrected chi connectivity index (χ2v) is 10.1. The number of anilines is 1. The van der Waals surface area contributed by atoms with Crippen LogP contribution in [0.4, 0.5) is 20.2 Å². The molecular weight excluding hydrogens is 460 g/mol. The number of sulfonamides is 1. The number of rotatable bonds is 4. The molecule has 6 nitrogen and oxygen atoms in total. The maximum Gasteiger partial charge on any atom is 0.352 e. The smallest absolute Gasteiger partial charge is 0.322 e. The average Bonchev–Trinajstić information content (AvgIpc) is 3.06. The van der Waals surface area contributed by atoms with Crippen LogP contribution in [-0.2, 0) is 16.6 Å². The fourth-order valence-electron chi connectivity index (χ4n) is 3.64. The van der Waals surface area contributed by atoms with E-state index in [4.69, 9.17) is 11.6 Å². The highest BCUT2D eigenvalue weighted by Crippen LogP contribution is 2.38. The highest BCUT2D eigenvalue weighted by molar-refractivity contribution is 7.91. The summed E-state index contributed by atoms with van der Waals surface area (Å²) in [5, 5.41) is 2.49. The monoisotopic (exact) mass is 478 g/mol. The predicted molar refractivity (Wildman–Crippen MR) is 119 cm³/mol. The number of halogens is 3. The lowest BCUT2D eigenvalue weighted by atomic mass is 10.1. The van der Waals surface area contributed by atoms with Gasteiger partial charge in [-0.05, 0) is 48.9 Å². The van der Waals surface area contributed by atoms with Crippen molar-refractivity contribution in [1.29, 1.82) is 0 Å². The highest BCUT2D eigenvalue weighted by atomic mass is 35.5. The van der Waals surface area contributed by atoms with Crippen molar-refractivity contribution in [2.45, 2.75) is 18.4 Å². The number of nitrogens with one attached hydrogen (secondary N) is 2. The van der Waals surface area contributed by atoms with Gasteiger partial charge in [0.15, 0.2) is 10.6 Å². The molecular formula is C22H19ClF2N3O3S+.